The summed E-state index contributed by atoms with van der Waals surface area (Å²) in [6.45, 7) is 9.53. The summed E-state index contributed by atoms with van der Waals surface area (Å²) >= 11 is 0. The fourth-order valence-electron chi connectivity index (χ4n) is 4.34. The number of carbonyl (C=O) groups excluding carboxylic acids is 2. The molecule has 5 heteroatoms. The summed E-state index contributed by atoms with van der Waals surface area (Å²) in [5.41, 5.74) is 1.61. The molecule has 3 aliphatic rings. The minimum absolute atomic E-state index is 0.0237. The van der Waals surface area contributed by atoms with Crippen molar-refractivity contribution in [2.75, 3.05) is 6.61 Å². The van der Waals surface area contributed by atoms with Crippen molar-refractivity contribution < 1.29 is 24.2 Å². The summed E-state index contributed by atoms with van der Waals surface area (Å²) in [4.78, 5) is 23.0. The van der Waals surface area contributed by atoms with E-state index in [1.807, 2.05) is 0 Å². The third kappa shape index (κ3) is 2.37. The lowest BCUT2D eigenvalue weighted by atomic mass is 9.79. The van der Waals surface area contributed by atoms with Gasteiger partial charge in [-0.15, -0.1) is 0 Å². The van der Waals surface area contributed by atoms with Gasteiger partial charge in [-0.05, 0) is 25.2 Å². The van der Waals surface area contributed by atoms with Gasteiger partial charge < -0.3 is 14.6 Å². The number of esters is 2. The van der Waals surface area contributed by atoms with E-state index in [-0.39, 0.29) is 48.3 Å². The Morgan fingerprint density at radius 2 is 2.14 bits per heavy atom. The Labute approximate surface area is 130 Å². The molecule has 6 atom stereocenters. The number of rotatable bonds is 2. The number of fused-ring (bicyclic) bond motifs is 3. The van der Waals surface area contributed by atoms with Gasteiger partial charge in [-0.3, -0.25) is 4.79 Å². The molecule has 120 valence electrons. The Bertz CT molecular complexity index is 537. The van der Waals surface area contributed by atoms with Crippen LogP contribution in [0.4, 0.5) is 0 Å². The number of allylic oxidation sites excluding steroid dienone is 1. The number of aliphatic hydroxyl groups excluding tert-OH is 1. The van der Waals surface area contributed by atoms with E-state index in [0.717, 1.165) is 18.4 Å². The summed E-state index contributed by atoms with van der Waals surface area (Å²) in [6.07, 6.45) is 1.34. The van der Waals surface area contributed by atoms with Crippen molar-refractivity contribution in [3.63, 3.8) is 0 Å². The molecule has 2 aliphatic carbocycles. The van der Waals surface area contributed by atoms with Crippen molar-refractivity contribution >= 4 is 11.9 Å². The van der Waals surface area contributed by atoms with Crippen LogP contribution < -0.4 is 0 Å². The minimum atomic E-state index is -0.572. The monoisotopic (exact) mass is 306 g/mol. The second kappa shape index (κ2) is 5.54. The normalized spacial score (nSPS) is 40.7. The van der Waals surface area contributed by atoms with Crippen LogP contribution in [0.1, 0.15) is 26.2 Å². The lowest BCUT2D eigenvalue weighted by molar-refractivity contribution is -0.148. The van der Waals surface area contributed by atoms with Gasteiger partial charge in [0.25, 0.3) is 0 Å². The Morgan fingerprint density at radius 3 is 2.82 bits per heavy atom. The van der Waals surface area contributed by atoms with Gasteiger partial charge in [0.05, 0.1) is 12.7 Å². The van der Waals surface area contributed by atoms with Crippen molar-refractivity contribution in [3.8, 4) is 0 Å². The van der Waals surface area contributed by atoms with Gasteiger partial charge in [-0.25, -0.2) is 4.79 Å². The molecule has 0 radical (unpaired) electrons. The second-order valence-corrected chi connectivity index (χ2v) is 6.65. The third-order valence-corrected chi connectivity index (χ3v) is 5.46. The standard InChI is InChI=1S/C17H22O5/c1-8-4-5-11-9(2)17(20)22-16(11)15-12(8)6-14(19)13(15)7-21-10(3)18/h11-16,19H,1-2,4-7H2,3H3/t11-,12-,13+,14-,15+,16-/m1/s1. The van der Waals surface area contributed by atoms with Crippen LogP contribution in [-0.4, -0.2) is 35.9 Å². The number of aliphatic hydroxyl groups is 1. The van der Waals surface area contributed by atoms with E-state index in [1.54, 1.807) is 0 Å². The summed E-state index contributed by atoms with van der Waals surface area (Å²) < 4.78 is 10.7. The van der Waals surface area contributed by atoms with E-state index in [0.29, 0.717) is 12.0 Å². The number of hydrogen-bond acceptors (Lipinski definition) is 5. The highest BCUT2D eigenvalue weighted by Crippen LogP contribution is 2.52. The van der Waals surface area contributed by atoms with Crippen LogP contribution in [0.2, 0.25) is 0 Å². The lowest BCUT2D eigenvalue weighted by Crippen LogP contribution is -2.36. The second-order valence-electron chi connectivity index (χ2n) is 6.65. The first-order valence-corrected chi connectivity index (χ1v) is 7.79. The highest BCUT2D eigenvalue weighted by Gasteiger charge is 2.55. The molecule has 0 spiro atoms. The van der Waals surface area contributed by atoms with Crippen molar-refractivity contribution in [1.82, 2.24) is 0 Å². The smallest absolute Gasteiger partial charge is 0.334 e. The van der Waals surface area contributed by atoms with Gasteiger partial charge >= 0.3 is 11.9 Å². The average Bonchev–Trinajstić information content (AvgIpc) is 2.88. The maximum Gasteiger partial charge on any atom is 0.334 e. The number of ether oxygens (including phenoxy) is 2. The molecule has 1 N–H and O–H groups in total. The van der Waals surface area contributed by atoms with Gasteiger partial charge in [0.2, 0.25) is 0 Å². The van der Waals surface area contributed by atoms with Crippen LogP contribution in [0.3, 0.4) is 0 Å². The predicted molar refractivity (Wildman–Crippen MR) is 78.6 cm³/mol. The average molecular weight is 306 g/mol. The van der Waals surface area contributed by atoms with E-state index in [1.165, 1.54) is 6.92 Å². The largest absolute Gasteiger partial charge is 0.465 e. The van der Waals surface area contributed by atoms with E-state index in [9.17, 15) is 14.7 Å². The Balaban J connectivity index is 1.90. The highest BCUT2D eigenvalue weighted by atomic mass is 16.6. The quantitative estimate of drug-likeness (QED) is 0.477. The first-order chi connectivity index (χ1) is 10.4. The maximum absolute atomic E-state index is 11.9. The first kappa shape index (κ1) is 15.3. The molecule has 0 unspecified atom stereocenters. The molecule has 1 heterocycles. The molecule has 1 saturated heterocycles. The van der Waals surface area contributed by atoms with Crippen molar-refractivity contribution in [2.24, 2.45) is 23.7 Å². The fourth-order valence-corrected chi connectivity index (χ4v) is 4.34. The fraction of sp³-hybridized carbons (Fsp3) is 0.647. The number of hydrogen-bond donors (Lipinski definition) is 1. The van der Waals surface area contributed by atoms with Crippen molar-refractivity contribution in [2.45, 2.75) is 38.4 Å². The highest BCUT2D eigenvalue weighted by molar-refractivity contribution is 5.90. The maximum atomic E-state index is 11.9. The first-order valence-electron chi connectivity index (χ1n) is 7.79. The minimum Gasteiger partial charge on any atom is -0.465 e. The van der Waals surface area contributed by atoms with Crippen LogP contribution in [0.25, 0.3) is 0 Å². The van der Waals surface area contributed by atoms with Crippen LogP contribution >= 0.6 is 0 Å². The summed E-state index contributed by atoms with van der Waals surface area (Å²) in [5.74, 6) is -0.914. The zero-order chi connectivity index (χ0) is 16.0. The van der Waals surface area contributed by atoms with Gasteiger partial charge in [-0.2, -0.15) is 0 Å². The van der Waals surface area contributed by atoms with E-state index in [4.69, 9.17) is 9.47 Å². The molecule has 0 amide bonds. The molecule has 3 rings (SSSR count). The van der Waals surface area contributed by atoms with E-state index < -0.39 is 6.10 Å². The van der Waals surface area contributed by atoms with Gasteiger partial charge in [0.1, 0.15) is 6.10 Å². The van der Waals surface area contributed by atoms with Gasteiger partial charge in [-0.1, -0.05) is 18.7 Å². The molecule has 22 heavy (non-hydrogen) atoms. The predicted octanol–water partition coefficient (Wildman–Crippen LogP) is 1.61. The van der Waals surface area contributed by atoms with Gasteiger partial charge in [0, 0.05) is 30.3 Å². The lowest BCUT2D eigenvalue weighted by Gasteiger charge is -2.30. The molecule has 1 aliphatic heterocycles. The zero-order valence-electron chi connectivity index (χ0n) is 12.8. The van der Waals surface area contributed by atoms with E-state index in [2.05, 4.69) is 13.2 Å². The topological polar surface area (TPSA) is 72.8 Å². The van der Waals surface area contributed by atoms with Gasteiger partial charge in [0.15, 0.2) is 0 Å². The Morgan fingerprint density at radius 1 is 1.41 bits per heavy atom. The molecule has 3 fully saturated rings. The van der Waals surface area contributed by atoms with Crippen LogP contribution in [0.15, 0.2) is 24.3 Å². The molecule has 0 aromatic heterocycles. The van der Waals surface area contributed by atoms with Crippen molar-refractivity contribution in [3.05, 3.63) is 24.3 Å². The SMILES string of the molecule is C=C1C(=O)O[C@H]2[C@@H]3[C@@H](COC(C)=O)[C@H](O)C[C@@H]3C(=C)CC[C@H]12. The van der Waals surface area contributed by atoms with Crippen LogP contribution in [0.5, 0.6) is 0 Å². The third-order valence-electron chi connectivity index (χ3n) is 5.46. The molecule has 0 aromatic rings. The molecule has 0 aromatic carbocycles. The molecule has 2 saturated carbocycles. The molecule has 0 bridgehead atoms. The van der Waals surface area contributed by atoms with Crippen LogP contribution in [-0.2, 0) is 19.1 Å². The summed E-state index contributed by atoms with van der Waals surface area (Å²) in [5, 5.41) is 10.4. The Kier molecular flexibility index (Phi) is 3.85. The number of carbonyl (C=O) groups is 2. The van der Waals surface area contributed by atoms with Crippen LogP contribution in [0, 0.1) is 23.7 Å². The molecular formula is C17H22O5. The summed E-state index contributed by atoms with van der Waals surface area (Å²) in [6, 6.07) is 0. The zero-order valence-corrected chi connectivity index (χ0v) is 12.8. The van der Waals surface area contributed by atoms with E-state index >= 15 is 0 Å². The van der Waals surface area contributed by atoms with Crippen molar-refractivity contribution in [1.29, 1.82) is 0 Å². The molecular weight excluding hydrogens is 284 g/mol. The Hall–Kier alpha value is -1.62. The summed E-state index contributed by atoms with van der Waals surface area (Å²) in [7, 11) is 0. The molecule has 5 nitrogen and oxygen atoms in total.